The van der Waals surface area contributed by atoms with Gasteiger partial charge in [-0.1, -0.05) is 30.3 Å². The topological polar surface area (TPSA) is 79.2 Å². The van der Waals surface area contributed by atoms with E-state index in [-0.39, 0.29) is 30.8 Å². The highest BCUT2D eigenvalue weighted by Crippen LogP contribution is 2.50. The molecule has 23 heavy (non-hydrogen) atoms. The standard InChI is InChI=1S/C17H23NO5/c19-8-15(9-20)23-14-6-17(7-14)11-18(12-17)16(21)22-10-13-4-2-1-3-5-13/h1-5,14-15,19-20H,6-12H2. The van der Waals surface area contributed by atoms with Crippen molar-refractivity contribution < 1.29 is 24.5 Å². The van der Waals surface area contributed by atoms with E-state index < -0.39 is 6.10 Å². The Kier molecular flexibility index (Phi) is 4.84. The van der Waals surface area contributed by atoms with Gasteiger partial charge in [0.05, 0.1) is 19.3 Å². The zero-order chi connectivity index (χ0) is 16.3. The number of benzene rings is 1. The van der Waals surface area contributed by atoms with Crippen molar-refractivity contribution in [1.82, 2.24) is 4.90 Å². The molecule has 1 heterocycles. The number of hydrogen-bond acceptors (Lipinski definition) is 5. The number of carbonyl (C=O) groups is 1. The summed E-state index contributed by atoms with van der Waals surface area (Å²) in [5.74, 6) is 0. The second-order valence-electron chi connectivity index (χ2n) is 6.55. The minimum atomic E-state index is -0.496. The molecule has 0 aromatic heterocycles. The summed E-state index contributed by atoms with van der Waals surface area (Å²) in [6.07, 6.45) is 1.04. The highest BCUT2D eigenvalue weighted by molar-refractivity contribution is 5.69. The summed E-state index contributed by atoms with van der Waals surface area (Å²) >= 11 is 0. The van der Waals surface area contributed by atoms with E-state index in [0.29, 0.717) is 19.7 Å². The van der Waals surface area contributed by atoms with Crippen molar-refractivity contribution in [2.45, 2.75) is 31.7 Å². The zero-order valence-corrected chi connectivity index (χ0v) is 13.1. The molecular formula is C17H23NO5. The molecule has 1 saturated heterocycles. The molecule has 3 rings (SSSR count). The van der Waals surface area contributed by atoms with Gasteiger partial charge in [0.1, 0.15) is 12.7 Å². The summed E-state index contributed by atoms with van der Waals surface area (Å²) in [7, 11) is 0. The van der Waals surface area contributed by atoms with E-state index in [2.05, 4.69) is 0 Å². The fraction of sp³-hybridized carbons (Fsp3) is 0.588. The van der Waals surface area contributed by atoms with Crippen LogP contribution in [0.15, 0.2) is 30.3 Å². The Hall–Kier alpha value is -1.63. The van der Waals surface area contributed by atoms with Gasteiger partial charge >= 0.3 is 6.09 Å². The molecule has 0 radical (unpaired) electrons. The Morgan fingerprint density at radius 3 is 2.48 bits per heavy atom. The van der Waals surface area contributed by atoms with Crippen molar-refractivity contribution in [3.8, 4) is 0 Å². The van der Waals surface area contributed by atoms with E-state index in [0.717, 1.165) is 18.4 Å². The van der Waals surface area contributed by atoms with Crippen LogP contribution in [-0.4, -0.2) is 59.7 Å². The lowest BCUT2D eigenvalue weighted by atomic mass is 9.62. The molecule has 1 aromatic rings. The van der Waals surface area contributed by atoms with Gasteiger partial charge in [0, 0.05) is 18.5 Å². The number of nitrogens with zero attached hydrogens (tertiary/aromatic N) is 1. The van der Waals surface area contributed by atoms with Crippen LogP contribution in [0.1, 0.15) is 18.4 Å². The summed E-state index contributed by atoms with van der Waals surface area (Å²) in [6.45, 7) is 1.35. The Morgan fingerprint density at radius 2 is 1.87 bits per heavy atom. The van der Waals surface area contributed by atoms with Crippen LogP contribution in [0, 0.1) is 5.41 Å². The van der Waals surface area contributed by atoms with Crippen LogP contribution in [-0.2, 0) is 16.1 Å². The minimum Gasteiger partial charge on any atom is -0.445 e. The first-order valence-corrected chi connectivity index (χ1v) is 7.97. The van der Waals surface area contributed by atoms with Gasteiger partial charge in [-0.15, -0.1) is 0 Å². The lowest BCUT2D eigenvalue weighted by Crippen LogP contribution is -2.65. The molecule has 1 saturated carbocycles. The largest absolute Gasteiger partial charge is 0.445 e. The molecule has 1 aromatic carbocycles. The van der Waals surface area contributed by atoms with Crippen LogP contribution in [0.25, 0.3) is 0 Å². The van der Waals surface area contributed by atoms with E-state index in [1.165, 1.54) is 0 Å². The monoisotopic (exact) mass is 321 g/mol. The van der Waals surface area contributed by atoms with Gasteiger partial charge in [0.2, 0.25) is 0 Å². The molecule has 1 amide bonds. The van der Waals surface area contributed by atoms with E-state index in [1.54, 1.807) is 4.90 Å². The lowest BCUT2D eigenvalue weighted by molar-refractivity contribution is -0.174. The summed E-state index contributed by atoms with van der Waals surface area (Å²) in [5, 5.41) is 18.0. The van der Waals surface area contributed by atoms with Crippen LogP contribution >= 0.6 is 0 Å². The summed E-state index contributed by atoms with van der Waals surface area (Å²) < 4.78 is 10.9. The van der Waals surface area contributed by atoms with Crippen LogP contribution in [0.5, 0.6) is 0 Å². The van der Waals surface area contributed by atoms with Crippen LogP contribution in [0.4, 0.5) is 4.79 Å². The lowest BCUT2D eigenvalue weighted by Gasteiger charge is -2.58. The van der Waals surface area contributed by atoms with Gasteiger partial charge < -0.3 is 24.6 Å². The molecule has 0 bridgehead atoms. The predicted molar refractivity (Wildman–Crippen MR) is 82.7 cm³/mol. The normalized spacial score (nSPS) is 19.5. The smallest absolute Gasteiger partial charge is 0.410 e. The molecule has 1 aliphatic carbocycles. The molecule has 0 atom stereocenters. The third kappa shape index (κ3) is 3.65. The number of amides is 1. The molecule has 6 heteroatoms. The first-order chi connectivity index (χ1) is 11.1. The van der Waals surface area contributed by atoms with E-state index in [1.807, 2.05) is 30.3 Å². The van der Waals surface area contributed by atoms with E-state index in [4.69, 9.17) is 19.7 Å². The number of aliphatic hydroxyl groups is 2. The molecule has 1 aliphatic heterocycles. The molecular weight excluding hydrogens is 298 g/mol. The first-order valence-electron chi connectivity index (χ1n) is 7.97. The van der Waals surface area contributed by atoms with Crippen LogP contribution in [0.3, 0.4) is 0 Å². The van der Waals surface area contributed by atoms with Gasteiger partial charge in [0.15, 0.2) is 0 Å². The average Bonchev–Trinajstić information content (AvgIpc) is 2.51. The average molecular weight is 321 g/mol. The third-order valence-corrected chi connectivity index (χ3v) is 4.63. The van der Waals surface area contributed by atoms with Gasteiger partial charge in [-0.25, -0.2) is 4.79 Å². The second-order valence-corrected chi connectivity index (χ2v) is 6.55. The van der Waals surface area contributed by atoms with Crippen molar-refractivity contribution in [3.05, 3.63) is 35.9 Å². The molecule has 0 unspecified atom stereocenters. The molecule has 2 N–H and O–H groups in total. The van der Waals surface area contributed by atoms with Crippen molar-refractivity contribution in [2.75, 3.05) is 26.3 Å². The maximum atomic E-state index is 12.0. The molecule has 126 valence electrons. The number of rotatable bonds is 6. The first kappa shape index (κ1) is 16.2. The number of aliphatic hydroxyl groups excluding tert-OH is 2. The van der Waals surface area contributed by atoms with Gasteiger partial charge in [-0.2, -0.15) is 0 Å². The summed E-state index contributed by atoms with van der Waals surface area (Å²) in [4.78, 5) is 13.7. The van der Waals surface area contributed by atoms with Crippen LogP contribution in [0.2, 0.25) is 0 Å². The third-order valence-electron chi connectivity index (χ3n) is 4.63. The Bertz CT molecular complexity index is 517. The van der Waals surface area contributed by atoms with E-state index >= 15 is 0 Å². The molecule has 1 spiro atoms. The van der Waals surface area contributed by atoms with Gasteiger partial charge in [0.25, 0.3) is 0 Å². The molecule has 6 nitrogen and oxygen atoms in total. The summed E-state index contributed by atoms with van der Waals surface area (Å²) in [6, 6.07) is 9.62. The van der Waals surface area contributed by atoms with Crippen molar-refractivity contribution in [2.24, 2.45) is 5.41 Å². The Labute approximate surface area is 135 Å². The molecule has 2 fully saturated rings. The zero-order valence-electron chi connectivity index (χ0n) is 13.1. The van der Waals surface area contributed by atoms with Gasteiger partial charge in [-0.3, -0.25) is 0 Å². The second kappa shape index (κ2) is 6.86. The Balaban J connectivity index is 1.36. The number of carbonyl (C=O) groups excluding carboxylic acids is 1. The fourth-order valence-electron chi connectivity index (χ4n) is 3.38. The van der Waals surface area contributed by atoms with Crippen molar-refractivity contribution in [1.29, 1.82) is 0 Å². The highest BCUT2D eigenvalue weighted by atomic mass is 16.6. The number of likely N-dealkylation sites (tertiary alicyclic amines) is 1. The van der Waals surface area contributed by atoms with Crippen molar-refractivity contribution in [3.63, 3.8) is 0 Å². The quantitative estimate of drug-likeness (QED) is 0.822. The number of ether oxygens (including phenoxy) is 2. The predicted octanol–water partition coefficient (Wildman–Crippen LogP) is 1.16. The maximum Gasteiger partial charge on any atom is 0.410 e. The SMILES string of the molecule is O=C(OCc1ccccc1)N1CC2(CC(OC(CO)CO)C2)C1. The number of hydrogen-bond donors (Lipinski definition) is 2. The highest BCUT2D eigenvalue weighted by Gasteiger charge is 2.54. The Morgan fingerprint density at radius 1 is 1.22 bits per heavy atom. The van der Waals surface area contributed by atoms with E-state index in [9.17, 15) is 4.79 Å². The summed E-state index contributed by atoms with van der Waals surface area (Å²) in [5.41, 5.74) is 1.12. The van der Waals surface area contributed by atoms with Gasteiger partial charge in [-0.05, 0) is 18.4 Å². The van der Waals surface area contributed by atoms with Crippen LogP contribution < -0.4 is 0 Å². The minimum absolute atomic E-state index is 0.0711. The fourth-order valence-corrected chi connectivity index (χ4v) is 3.38. The maximum absolute atomic E-state index is 12.0. The van der Waals surface area contributed by atoms with Crippen molar-refractivity contribution >= 4 is 6.09 Å². The molecule has 2 aliphatic rings.